The number of hydrogen-bond donors (Lipinski definition) is 3. The monoisotopic (exact) mass is 405 g/mol. The molecule has 1 fully saturated rings. The Morgan fingerprint density at radius 1 is 1.11 bits per heavy atom. The van der Waals surface area contributed by atoms with Crippen molar-refractivity contribution in [2.75, 3.05) is 39.3 Å². The Hall–Kier alpha value is -2.93. The van der Waals surface area contributed by atoms with Gasteiger partial charge in [0, 0.05) is 38.5 Å². The van der Waals surface area contributed by atoms with Crippen LogP contribution in [0.2, 0.25) is 0 Å². The largest absolute Gasteiger partial charge is 0.465 e. The van der Waals surface area contributed by atoms with E-state index >= 15 is 0 Å². The minimum absolute atomic E-state index is 0.0909. The minimum atomic E-state index is -0.994. The molecule has 1 unspecified atom stereocenters. The number of hydrogen-bond acceptors (Lipinski definition) is 5. The average molecular weight is 405 g/mol. The van der Waals surface area contributed by atoms with Crippen molar-refractivity contribution >= 4 is 29.8 Å². The Bertz CT molecular complexity index is 716. The summed E-state index contributed by atoms with van der Waals surface area (Å²) in [5.74, 6) is 0.289. The molecule has 9 nitrogen and oxygen atoms in total. The van der Waals surface area contributed by atoms with Gasteiger partial charge in [-0.1, -0.05) is 30.3 Å². The van der Waals surface area contributed by atoms with Crippen LogP contribution in [0.25, 0.3) is 0 Å². The maximum Gasteiger partial charge on any atom is 0.407 e. The summed E-state index contributed by atoms with van der Waals surface area (Å²) in [6.07, 6.45) is -0.994. The maximum atomic E-state index is 12.3. The second-order valence-corrected chi connectivity index (χ2v) is 7.29. The minimum Gasteiger partial charge on any atom is -0.465 e. The van der Waals surface area contributed by atoms with E-state index in [4.69, 9.17) is 10.4 Å². The van der Waals surface area contributed by atoms with E-state index in [1.54, 1.807) is 0 Å². The first-order chi connectivity index (χ1) is 13.5. The summed E-state index contributed by atoms with van der Waals surface area (Å²) in [7, 11) is 0. The molecule has 1 atom stereocenters. The molecule has 10 heteroatoms. The van der Waals surface area contributed by atoms with Gasteiger partial charge in [-0.25, -0.2) is 9.59 Å². The Balaban J connectivity index is 1.86. The molecule has 1 aliphatic heterocycles. The van der Waals surface area contributed by atoms with Crippen LogP contribution in [-0.4, -0.2) is 77.5 Å². The van der Waals surface area contributed by atoms with Gasteiger partial charge < -0.3 is 25.5 Å². The molecule has 28 heavy (non-hydrogen) atoms. The molecule has 1 aromatic rings. The third kappa shape index (κ3) is 6.66. The van der Waals surface area contributed by atoms with E-state index in [0.717, 1.165) is 5.56 Å². The van der Waals surface area contributed by atoms with Crippen LogP contribution in [0.5, 0.6) is 0 Å². The van der Waals surface area contributed by atoms with Crippen LogP contribution in [0.3, 0.4) is 0 Å². The number of thioether (sulfide) groups is 1. The molecule has 1 aliphatic rings. The van der Waals surface area contributed by atoms with E-state index in [1.165, 1.54) is 21.6 Å². The highest BCUT2D eigenvalue weighted by molar-refractivity contribution is 7.99. The molecule has 4 amide bonds. The molecule has 0 aliphatic carbocycles. The van der Waals surface area contributed by atoms with Crippen molar-refractivity contribution in [2.24, 2.45) is 0 Å². The number of carboxylic acid groups (broad SMARTS) is 1. The summed E-state index contributed by atoms with van der Waals surface area (Å²) in [4.78, 5) is 38.4. The van der Waals surface area contributed by atoms with E-state index in [0.29, 0.717) is 18.8 Å². The molecule has 150 valence electrons. The number of nitriles is 1. The van der Waals surface area contributed by atoms with Crippen molar-refractivity contribution in [3.63, 3.8) is 0 Å². The second-order valence-electron chi connectivity index (χ2n) is 6.10. The Labute approximate surface area is 167 Å². The van der Waals surface area contributed by atoms with Crippen molar-refractivity contribution in [3.05, 3.63) is 35.9 Å². The molecule has 0 spiro atoms. The van der Waals surface area contributed by atoms with Gasteiger partial charge in [0.1, 0.15) is 11.8 Å². The topological polar surface area (TPSA) is 126 Å². The first-order valence-electron chi connectivity index (χ1n) is 8.82. The van der Waals surface area contributed by atoms with Crippen molar-refractivity contribution in [1.29, 1.82) is 5.26 Å². The molecule has 0 radical (unpaired) electrons. The van der Waals surface area contributed by atoms with Crippen molar-refractivity contribution in [3.8, 4) is 6.07 Å². The molecule has 1 heterocycles. The fourth-order valence-electron chi connectivity index (χ4n) is 2.63. The van der Waals surface area contributed by atoms with E-state index in [9.17, 15) is 14.4 Å². The number of nitrogens with one attached hydrogen (secondary N) is 2. The number of carbonyl (C=O) groups excluding carboxylic acids is 2. The molecule has 0 saturated carbocycles. The van der Waals surface area contributed by atoms with Gasteiger partial charge in [-0.2, -0.15) is 5.26 Å². The number of nitrogens with zero attached hydrogens (tertiary/aromatic N) is 3. The van der Waals surface area contributed by atoms with Crippen molar-refractivity contribution in [2.45, 2.75) is 11.0 Å². The lowest BCUT2D eigenvalue weighted by molar-refractivity contribution is -0.120. The first-order valence-corrected chi connectivity index (χ1v) is 9.87. The normalized spacial score (nSPS) is 14.7. The predicted octanol–water partition coefficient (Wildman–Crippen LogP) is 0.933. The zero-order valence-electron chi connectivity index (χ0n) is 15.3. The molecular weight excluding hydrogens is 382 g/mol. The Kier molecular flexibility index (Phi) is 8.42. The number of amides is 4. The molecular formula is C18H23N5O4S. The lowest BCUT2D eigenvalue weighted by Gasteiger charge is -2.33. The molecule has 0 aromatic heterocycles. The van der Waals surface area contributed by atoms with Crippen LogP contribution >= 0.6 is 11.8 Å². The zero-order valence-corrected chi connectivity index (χ0v) is 16.2. The lowest BCUT2D eigenvalue weighted by Crippen LogP contribution is -2.54. The summed E-state index contributed by atoms with van der Waals surface area (Å²) in [5.41, 5.74) is 1.06. The summed E-state index contributed by atoms with van der Waals surface area (Å²) >= 11 is 1.39. The number of piperazine rings is 1. The van der Waals surface area contributed by atoms with E-state index in [-0.39, 0.29) is 38.1 Å². The SMILES string of the molecule is N#CCNC(=O)C(CNC(=O)N1CCN(C(=O)O)CC1)SCc1ccccc1. The van der Waals surface area contributed by atoms with Gasteiger partial charge in [-0.3, -0.25) is 4.79 Å². The summed E-state index contributed by atoms with van der Waals surface area (Å²) in [6, 6.07) is 11.2. The van der Waals surface area contributed by atoms with Gasteiger partial charge in [0.05, 0.1) is 6.07 Å². The third-order valence-electron chi connectivity index (χ3n) is 4.20. The van der Waals surface area contributed by atoms with Crippen LogP contribution in [0.4, 0.5) is 9.59 Å². The number of benzene rings is 1. The van der Waals surface area contributed by atoms with Crippen LogP contribution in [0.15, 0.2) is 30.3 Å². The fourth-order valence-corrected chi connectivity index (χ4v) is 3.65. The van der Waals surface area contributed by atoms with Crippen LogP contribution in [0.1, 0.15) is 5.56 Å². The number of carbonyl (C=O) groups is 3. The van der Waals surface area contributed by atoms with Gasteiger partial charge in [0.25, 0.3) is 0 Å². The van der Waals surface area contributed by atoms with Gasteiger partial charge in [-0.15, -0.1) is 11.8 Å². The number of urea groups is 1. The highest BCUT2D eigenvalue weighted by atomic mass is 32.2. The Morgan fingerprint density at radius 2 is 1.75 bits per heavy atom. The summed E-state index contributed by atoms with van der Waals surface area (Å²) < 4.78 is 0. The van der Waals surface area contributed by atoms with Crippen molar-refractivity contribution in [1.82, 2.24) is 20.4 Å². The van der Waals surface area contributed by atoms with Gasteiger partial charge in [-0.05, 0) is 5.56 Å². The predicted molar refractivity (Wildman–Crippen MR) is 105 cm³/mol. The van der Waals surface area contributed by atoms with Crippen LogP contribution < -0.4 is 10.6 Å². The maximum absolute atomic E-state index is 12.3. The smallest absolute Gasteiger partial charge is 0.407 e. The Morgan fingerprint density at radius 3 is 2.36 bits per heavy atom. The standard InChI is InChI=1S/C18H23N5O4S/c19-6-7-20-16(24)15(28-13-14-4-2-1-3-5-14)12-21-17(25)22-8-10-23(11-9-22)18(26)27/h1-5,15H,7-13H2,(H,20,24)(H,21,25)(H,26,27). The van der Waals surface area contributed by atoms with Crippen LogP contribution in [-0.2, 0) is 10.5 Å². The highest BCUT2D eigenvalue weighted by Crippen LogP contribution is 2.18. The van der Waals surface area contributed by atoms with Gasteiger partial charge in [0.2, 0.25) is 5.91 Å². The fraction of sp³-hybridized carbons (Fsp3) is 0.444. The molecule has 3 N–H and O–H groups in total. The summed E-state index contributed by atoms with van der Waals surface area (Å²) in [6.45, 7) is 1.16. The van der Waals surface area contributed by atoms with Gasteiger partial charge in [0.15, 0.2) is 0 Å². The van der Waals surface area contributed by atoms with Crippen molar-refractivity contribution < 1.29 is 19.5 Å². The zero-order chi connectivity index (χ0) is 20.4. The van der Waals surface area contributed by atoms with Gasteiger partial charge >= 0.3 is 12.1 Å². The molecule has 0 bridgehead atoms. The quantitative estimate of drug-likeness (QED) is 0.580. The second kappa shape index (κ2) is 11.0. The van der Waals surface area contributed by atoms with E-state index in [1.807, 2.05) is 36.4 Å². The molecule has 1 saturated heterocycles. The molecule has 2 rings (SSSR count). The highest BCUT2D eigenvalue weighted by Gasteiger charge is 2.25. The number of rotatable bonds is 7. The van der Waals surface area contributed by atoms with E-state index < -0.39 is 11.3 Å². The third-order valence-corrected chi connectivity index (χ3v) is 5.49. The molecule has 1 aromatic carbocycles. The van der Waals surface area contributed by atoms with Crippen LogP contribution in [0, 0.1) is 11.3 Å². The average Bonchev–Trinajstić information content (AvgIpc) is 2.72. The first kappa shape index (κ1) is 21.4. The summed E-state index contributed by atoms with van der Waals surface area (Å²) in [5, 5.41) is 22.4. The van der Waals surface area contributed by atoms with E-state index in [2.05, 4.69) is 10.6 Å². The lowest BCUT2D eigenvalue weighted by atomic mass is 10.2.